The molecule has 0 heterocycles. The zero-order valence-corrected chi connectivity index (χ0v) is 16.0. The van der Waals surface area contributed by atoms with Crippen molar-refractivity contribution in [2.24, 2.45) is 5.92 Å². The highest BCUT2D eigenvalue weighted by Crippen LogP contribution is 2.30. The van der Waals surface area contributed by atoms with Gasteiger partial charge in [0.25, 0.3) is 0 Å². The molecule has 0 radical (unpaired) electrons. The van der Waals surface area contributed by atoms with Gasteiger partial charge in [-0.3, -0.25) is 9.59 Å². The largest absolute Gasteiger partial charge is 0.416 e. The number of carbonyl (C=O) groups excluding carboxylic acids is 2. The number of amides is 2. The van der Waals surface area contributed by atoms with Gasteiger partial charge in [0, 0.05) is 31.6 Å². The van der Waals surface area contributed by atoms with E-state index >= 15 is 0 Å². The second kappa shape index (κ2) is 10.9. The Morgan fingerprint density at radius 1 is 1.11 bits per heavy atom. The van der Waals surface area contributed by atoms with Crippen molar-refractivity contribution in [1.29, 1.82) is 0 Å². The summed E-state index contributed by atoms with van der Waals surface area (Å²) in [6, 6.07) is 4.48. The van der Waals surface area contributed by atoms with Gasteiger partial charge in [0.15, 0.2) is 0 Å². The van der Waals surface area contributed by atoms with Crippen molar-refractivity contribution >= 4 is 17.5 Å². The number of anilines is 1. The van der Waals surface area contributed by atoms with Crippen LogP contribution in [0.5, 0.6) is 0 Å². The first kappa shape index (κ1) is 23.0. The molecule has 8 heteroatoms. The van der Waals surface area contributed by atoms with E-state index in [9.17, 15) is 22.8 Å². The molecular weight excluding hydrogens is 359 g/mol. The molecule has 27 heavy (non-hydrogen) atoms. The fraction of sp³-hybridized carbons (Fsp3) is 0.579. The summed E-state index contributed by atoms with van der Waals surface area (Å²) in [5, 5.41) is 5.28. The first-order valence-corrected chi connectivity index (χ1v) is 9.11. The summed E-state index contributed by atoms with van der Waals surface area (Å²) >= 11 is 0. The molecule has 5 nitrogen and oxygen atoms in total. The highest BCUT2D eigenvalue weighted by atomic mass is 19.4. The van der Waals surface area contributed by atoms with E-state index in [-0.39, 0.29) is 30.4 Å². The molecule has 0 unspecified atom stereocenters. The van der Waals surface area contributed by atoms with Crippen molar-refractivity contribution < 1.29 is 22.8 Å². The molecule has 0 bridgehead atoms. The SMILES string of the molecule is CCN(CC)CCNC(=O)C[C@@H](C)CC(=O)Nc1cccc(C(F)(F)F)c1. The molecule has 0 aliphatic rings. The Morgan fingerprint density at radius 3 is 2.33 bits per heavy atom. The smallest absolute Gasteiger partial charge is 0.355 e. The van der Waals surface area contributed by atoms with E-state index in [0.29, 0.717) is 6.54 Å². The Hall–Kier alpha value is -2.09. The molecule has 1 rings (SSSR count). The fourth-order valence-electron chi connectivity index (χ4n) is 2.66. The predicted octanol–water partition coefficient (Wildman–Crippen LogP) is 3.52. The molecule has 2 amide bonds. The Balaban J connectivity index is 2.41. The van der Waals surface area contributed by atoms with Crippen LogP contribution in [0.25, 0.3) is 0 Å². The number of nitrogens with one attached hydrogen (secondary N) is 2. The van der Waals surface area contributed by atoms with Crippen LogP contribution >= 0.6 is 0 Å². The number of nitrogens with zero attached hydrogens (tertiary/aromatic N) is 1. The molecule has 1 aromatic rings. The highest BCUT2D eigenvalue weighted by molar-refractivity contribution is 5.91. The quantitative estimate of drug-likeness (QED) is 0.646. The van der Waals surface area contributed by atoms with E-state index in [1.54, 1.807) is 6.92 Å². The third kappa shape index (κ3) is 8.90. The first-order chi connectivity index (χ1) is 12.7. The van der Waals surface area contributed by atoms with Crippen LogP contribution in [0, 0.1) is 5.92 Å². The lowest BCUT2D eigenvalue weighted by atomic mass is 10.0. The zero-order chi connectivity index (χ0) is 20.4. The number of hydrogen-bond acceptors (Lipinski definition) is 3. The van der Waals surface area contributed by atoms with Gasteiger partial charge in [-0.25, -0.2) is 0 Å². The molecule has 1 atom stereocenters. The van der Waals surface area contributed by atoms with Gasteiger partial charge < -0.3 is 15.5 Å². The molecule has 1 aromatic carbocycles. The number of benzene rings is 1. The number of hydrogen-bond donors (Lipinski definition) is 2. The number of halogens is 3. The first-order valence-electron chi connectivity index (χ1n) is 9.11. The van der Waals surface area contributed by atoms with Crippen molar-refractivity contribution in [2.75, 3.05) is 31.5 Å². The van der Waals surface area contributed by atoms with Crippen LogP contribution in [0.1, 0.15) is 39.2 Å². The molecule has 0 saturated heterocycles. The number of likely N-dealkylation sites (N-methyl/N-ethyl adjacent to an activating group) is 1. The highest BCUT2D eigenvalue weighted by Gasteiger charge is 2.30. The molecular formula is C19H28F3N3O2. The Bertz CT molecular complexity index is 616. The van der Waals surface area contributed by atoms with Crippen LogP contribution in [0.4, 0.5) is 18.9 Å². The van der Waals surface area contributed by atoms with Gasteiger partial charge in [-0.15, -0.1) is 0 Å². The van der Waals surface area contributed by atoms with Crippen molar-refractivity contribution in [3.8, 4) is 0 Å². The van der Waals surface area contributed by atoms with Gasteiger partial charge >= 0.3 is 6.18 Å². The van der Waals surface area contributed by atoms with Gasteiger partial charge in [0.05, 0.1) is 5.56 Å². The lowest BCUT2D eigenvalue weighted by Gasteiger charge is -2.18. The predicted molar refractivity (Wildman–Crippen MR) is 99.3 cm³/mol. The number of alkyl halides is 3. The molecule has 0 saturated carbocycles. The van der Waals surface area contributed by atoms with Crippen LogP contribution in [-0.4, -0.2) is 42.9 Å². The zero-order valence-electron chi connectivity index (χ0n) is 16.0. The normalized spacial score (nSPS) is 12.7. The Labute approximate surface area is 158 Å². The Morgan fingerprint density at radius 2 is 1.74 bits per heavy atom. The molecule has 0 fully saturated rings. The van der Waals surface area contributed by atoms with Crippen molar-refractivity contribution in [1.82, 2.24) is 10.2 Å². The fourth-order valence-corrected chi connectivity index (χ4v) is 2.66. The summed E-state index contributed by atoms with van der Waals surface area (Å²) in [5.74, 6) is -0.774. The maximum atomic E-state index is 12.7. The molecule has 0 aliphatic carbocycles. The monoisotopic (exact) mass is 387 g/mol. The van der Waals surface area contributed by atoms with Crippen molar-refractivity contribution in [3.63, 3.8) is 0 Å². The van der Waals surface area contributed by atoms with Crippen molar-refractivity contribution in [3.05, 3.63) is 29.8 Å². The average Bonchev–Trinajstić information content (AvgIpc) is 2.58. The average molecular weight is 387 g/mol. The van der Waals surface area contributed by atoms with Gasteiger partial charge in [-0.1, -0.05) is 26.8 Å². The van der Waals surface area contributed by atoms with E-state index in [0.717, 1.165) is 31.8 Å². The van der Waals surface area contributed by atoms with Crippen molar-refractivity contribution in [2.45, 2.75) is 39.8 Å². The standard InChI is InChI=1S/C19H28F3N3O2/c1-4-25(5-2)10-9-23-17(26)11-14(3)12-18(27)24-16-8-6-7-15(13-16)19(20,21)22/h6-8,13-14H,4-5,9-12H2,1-3H3,(H,23,26)(H,24,27)/t14-/m1/s1. The molecule has 0 aromatic heterocycles. The minimum atomic E-state index is -4.46. The van der Waals surface area contributed by atoms with E-state index in [4.69, 9.17) is 0 Å². The van der Waals surface area contributed by atoms with E-state index in [1.807, 2.05) is 0 Å². The van der Waals surface area contributed by atoms with Gasteiger partial charge in [0.1, 0.15) is 0 Å². The van der Waals surface area contributed by atoms with Gasteiger partial charge in [-0.05, 0) is 37.2 Å². The van der Waals surface area contributed by atoms with E-state index < -0.39 is 17.6 Å². The summed E-state index contributed by atoms with van der Waals surface area (Å²) in [6.07, 6.45) is -4.22. The molecule has 0 spiro atoms. The third-order valence-corrected chi connectivity index (χ3v) is 4.19. The second-order valence-electron chi connectivity index (χ2n) is 6.52. The molecule has 0 aliphatic heterocycles. The number of rotatable bonds is 10. The lowest BCUT2D eigenvalue weighted by Crippen LogP contribution is -2.35. The molecule has 152 valence electrons. The lowest BCUT2D eigenvalue weighted by molar-refractivity contribution is -0.137. The van der Waals surface area contributed by atoms with Crippen LogP contribution in [0.3, 0.4) is 0 Å². The van der Waals surface area contributed by atoms with Crippen LogP contribution < -0.4 is 10.6 Å². The van der Waals surface area contributed by atoms with E-state index in [2.05, 4.69) is 29.4 Å². The maximum Gasteiger partial charge on any atom is 0.416 e. The van der Waals surface area contributed by atoms with Crippen LogP contribution in [-0.2, 0) is 15.8 Å². The maximum absolute atomic E-state index is 12.7. The van der Waals surface area contributed by atoms with Crippen LogP contribution in [0.2, 0.25) is 0 Å². The van der Waals surface area contributed by atoms with Gasteiger partial charge in [0.2, 0.25) is 11.8 Å². The summed E-state index contributed by atoms with van der Waals surface area (Å²) in [5.41, 5.74) is -0.730. The second-order valence-corrected chi connectivity index (χ2v) is 6.52. The van der Waals surface area contributed by atoms with Gasteiger partial charge in [-0.2, -0.15) is 13.2 Å². The summed E-state index contributed by atoms with van der Waals surface area (Å²) in [6.45, 7) is 9.01. The molecule has 2 N–H and O–H groups in total. The summed E-state index contributed by atoms with van der Waals surface area (Å²) in [7, 11) is 0. The van der Waals surface area contributed by atoms with Crippen LogP contribution in [0.15, 0.2) is 24.3 Å². The topological polar surface area (TPSA) is 61.4 Å². The number of carbonyl (C=O) groups is 2. The summed E-state index contributed by atoms with van der Waals surface area (Å²) < 4.78 is 38.1. The minimum absolute atomic E-state index is 0.0553. The summed E-state index contributed by atoms with van der Waals surface area (Å²) in [4.78, 5) is 26.1. The minimum Gasteiger partial charge on any atom is -0.355 e. The third-order valence-electron chi connectivity index (χ3n) is 4.19. The van der Waals surface area contributed by atoms with E-state index in [1.165, 1.54) is 12.1 Å². The Kier molecular flexibility index (Phi) is 9.28.